The zero-order valence-corrected chi connectivity index (χ0v) is 20.9. The molecule has 1 amide bonds. The van der Waals surface area contributed by atoms with E-state index in [0.717, 1.165) is 59.8 Å². The van der Waals surface area contributed by atoms with Crippen LogP contribution in [0.3, 0.4) is 0 Å². The van der Waals surface area contributed by atoms with Crippen molar-refractivity contribution in [3.8, 4) is 22.3 Å². The number of thioether (sulfide) groups is 1. The predicted octanol–water partition coefficient (Wildman–Crippen LogP) is 4.04. The number of fused-ring (bicyclic) bond motifs is 1. The molecule has 0 saturated carbocycles. The molecule has 8 heteroatoms. The van der Waals surface area contributed by atoms with Crippen LogP contribution in [0.4, 0.5) is 15.9 Å². The lowest BCUT2D eigenvalue weighted by molar-refractivity contribution is 0.0946. The molecule has 3 heterocycles. The fourth-order valence-electron chi connectivity index (χ4n) is 4.87. The molecule has 0 spiro atoms. The highest BCUT2D eigenvalue weighted by Crippen LogP contribution is 2.35. The SMILES string of the molecule is CN(C)Cc1cc(-c2cc(-c3ccc4c(c3)CCNC4=O)c(N)nc2F)ccc1N1CCSCC1. The summed E-state index contributed by atoms with van der Waals surface area (Å²) >= 11 is 1.98. The van der Waals surface area contributed by atoms with Gasteiger partial charge in [-0.25, -0.2) is 4.98 Å². The summed E-state index contributed by atoms with van der Waals surface area (Å²) in [6, 6.07) is 13.6. The number of aromatic nitrogens is 1. The van der Waals surface area contributed by atoms with Crippen LogP contribution in [0.25, 0.3) is 22.3 Å². The molecule has 35 heavy (non-hydrogen) atoms. The lowest BCUT2D eigenvalue weighted by Crippen LogP contribution is -2.33. The molecule has 3 aromatic rings. The summed E-state index contributed by atoms with van der Waals surface area (Å²) in [7, 11) is 4.09. The molecule has 0 atom stereocenters. The third-order valence-electron chi connectivity index (χ3n) is 6.58. The number of halogens is 1. The van der Waals surface area contributed by atoms with Crippen molar-refractivity contribution in [3.05, 3.63) is 65.1 Å². The number of amides is 1. The number of anilines is 2. The number of carbonyl (C=O) groups is 1. The van der Waals surface area contributed by atoms with Gasteiger partial charge < -0.3 is 20.9 Å². The van der Waals surface area contributed by atoms with Crippen LogP contribution < -0.4 is 16.0 Å². The molecule has 182 valence electrons. The molecule has 5 rings (SSSR count). The first kappa shape index (κ1) is 23.6. The van der Waals surface area contributed by atoms with E-state index in [2.05, 4.69) is 32.2 Å². The van der Waals surface area contributed by atoms with Gasteiger partial charge in [0.15, 0.2) is 0 Å². The van der Waals surface area contributed by atoms with Crippen LogP contribution in [0.5, 0.6) is 0 Å². The molecule has 0 unspecified atom stereocenters. The molecule has 1 fully saturated rings. The van der Waals surface area contributed by atoms with Gasteiger partial charge in [-0.1, -0.05) is 18.2 Å². The van der Waals surface area contributed by atoms with Gasteiger partial charge in [-0.3, -0.25) is 4.79 Å². The van der Waals surface area contributed by atoms with E-state index in [1.54, 1.807) is 6.07 Å². The maximum absolute atomic E-state index is 15.1. The van der Waals surface area contributed by atoms with Crippen LogP contribution in [-0.2, 0) is 13.0 Å². The minimum atomic E-state index is -0.582. The number of nitrogens with one attached hydrogen (secondary N) is 1. The average Bonchev–Trinajstić information content (AvgIpc) is 2.84. The normalized spacial score (nSPS) is 15.8. The van der Waals surface area contributed by atoms with Gasteiger partial charge in [0, 0.05) is 60.1 Å². The fourth-order valence-corrected chi connectivity index (χ4v) is 5.77. The Bertz CT molecular complexity index is 1270. The molecule has 2 aromatic carbocycles. The number of benzene rings is 2. The van der Waals surface area contributed by atoms with Gasteiger partial charge in [-0.05, 0) is 67.0 Å². The number of nitrogen functional groups attached to an aromatic ring is 1. The summed E-state index contributed by atoms with van der Waals surface area (Å²) < 4.78 is 15.1. The van der Waals surface area contributed by atoms with E-state index in [9.17, 15) is 4.79 Å². The van der Waals surface area contributed by atoms with Crippen molar-refractivity contribution in [2.45, 2.75) is 13.0 Å². The molecule has 2 aliphatic rings. The lowest BCUT2D eigenvalue weighted by atomic mass is 9.93. The Hall–Kier alpha value is -3.10. The van der Waals surface area contributed by atoms with Crippen LogP contribution in [-0.4, -0.2) is 61.0 Å². The van der Waals surface area contributed by atoms with Gasteiger partial charge in [0.25, 0.3) is 5.91 Å². The Balaban J connectivity index is 1.56. The third-order valence-corrected chi connectivity index (χ3v) is 7.52. The summed E-state index contributed by atoms with van der Waals surface area (Å²) in [5.41, 5.74) is 12.9. The summed E-state index contributed by atoms with van der Waals surface area (Å²) in [4.78, 5) is 20.7. The number of carbonyl (C=O) groups excluding carboxylic acids is 1. The molecule has 6 nitrogen and oxygen atoms in total. The molecule has 0 radical (unpaired) electrons. The van der Waals surface area contributed by atoms with Gasteiger partial charge in [-0.2, -0.15) is 16.2 Å². The quantitative estimate of drug-likeness (QED) is 0.525. The van der Waals surface area contributed by atoms with Crippen molar-refractivity contribution >= 4 is 29.2 Å². The lowest BCUT2D eigenvalue weighted by Gasteiger charge is -2.31. The van der Waals surface area contributed by atoms with Crippen LogP contribution in [0, 0.1) is 5.95 Å². The van der Waals surface area contributed by atoms with Gasteiger partial charge in [0.1, 0.15) is 5.82 Å². The van der Waals surface area contributed by atoms with E-state index in [-0.39, 0.29) is 11.7 Å². The maximum Gasteiger partial charge on any atom is 0.251 e. The maximum atomic E-state index is 15.1. The second kappa shape index (κ2) is 9.87. The number of hydrogen-bond donors (Lipinski definition) is 2. The Morgan fingerprint density at radius 3 is 2.57 bits per heavy atom. The van der Waals surface area contributed by atoms with Crippen molar-refractivity contribution in [3.63, 3.8) is 0 Å². The smallest absolute Gasteiger partial charge is 0.251 e. The highest BCUT2D eigenvalue weighted by molar-refractivity contribution is 7.99. The average molecular weight is 492 g/mol. The predicted molar refractivity (Wildman–Crippen MR) is 142 cm³/mol. The summed E-state index contributed by atoms with van der Waals surface area (Å²) in [6.45, 7) is 3.40. The number of hydrogen-bond acceptors (Lipinski definition) is 6. The Morgan fingerprint density at radius 1 is 1.06 bits per heavy atom. The van der Waals surface area contributed by atoms with Crippen molar-refractivity contribution in [1.82, 2.24) is 15.2 Å². The van der Waals surface area contributed by atoms with Crippen molar-refractivity contribution in [2.75, 3.05) is 55.9 Å². The Morgan fingerprint density at radius 2 is 1.80 bits per heavy atom. The van der Waals surface area contributed by atoms with Crippen molar-refractivity contribution in [2.24, 2.45) is 0 Å². The second-order valence-electron chi connectivity index (χ2n) is 9.32. The van der Waals surface area contributed by atoms with Gasteiger partial charge in [0.05, 0.1) is 0 Å². The zero-order valence-electron chi connectivity index (χ0n) is 20.1. The monoisotopic (exact) mass is 491 g/mol. The van der Waals surface area contributed by atoms with Gasteiger partial charge in [0.2, 0.25) is 5.95 Å². The first-order valence-electron chi connectivity index (χ1n) is 11.9. The molecule has 2 aliphatic heterocycles. The van der Waals surface area contributed by atoms with Crippen LogP contribution in [0.2, 0.25) is 0 Å². The fraction of sp³-hybridized carbons (Fsp3) is 0.333. The molecule has 1 saturated heterocycles. The number of pyridine rings is 1. The molecule has 1 aromatic heterocycles. The third kappa shape index (κ3) is 4.86. The van der Waals surface area contributed by atoms with E-state index in [1.807, 2.05) is 50.1 Å². The Kier molecular flexibility index (Phi) is 6.67. The summed E-state index contributed by atoms with van der Waals surface area (Å²) in [6.07, 6.45) is 0.751. The van der Waals surface area contributed by atoms with E-state index in [0.29, 0.717) is 23.2 Å². The van der Waals surface area contributed by atoms with Gasteiger partial charge >= 0.3 is 0 Å². The highest BCUT2D eigenvalue weighted by Gasteiger charge is 2.21. The topological polar surface area (TPSA) is 74.5 Å². The summed E-state index contributed by atoms with van der Waals surface area (Å²) in [5.74, 6) is 1.73. The first-order valence-corrected chi connectivity index (χ1v) is 13.0. The standard InChI is InChI=1S/C27H30FN5OS/c1-32(2)16-20-14-17(4-6-24(20)33-9-11-35-12-10-33)22-15-23(26(29)31-25(22)28)18-3-5-21-19(13-18)7-8-30-27(21)34/h3-6,13-15H,7-12,16H2,1-2H3,(H2,29,31)(H,30,34). The first-order chi connectivity index (χ1) is 16.9. The second-order valence-corrected chi connectivity index (χ2v) is 10.5. The number of nitrogens with zero attached hydrogens (tertiary/aromatic N) is 3. The molecule has 0 aliphatic carbocycles. The van der Waals surface area contributed by atoms with E-state index >= 15 is 4.39 Å². The van der Waals surface area contributed by atoms with Crippen LogP contribution in [0.15, 0.2) is 42.5 Å². The summed E-state index contributed by atoms with van der Waals surface area (Å²) in [5, 5.41) is 2.86. The van der Waals surface area contributed by atoms with Crippen LogP contribution >= 0.6 is 11.8 Å². The molecular formula is C27H30FN5OS. The Labute approximate surface area is 209 Å². The zero-order chi connectivity index (χ0) is 24.5. The van der Waals surface area contributed by atoms with Crippen molar-refractivity contribution in [1.29, 1.82) is 0 Å². The molecular weight excluding hydrogens is 461 g/mol. The molecule has 3 N–H and O–H groups in total. The van der Waals surface area contributed by atoms with E-state index in [1.165, 1.54) is 5.69 Å². The largest absolute Gasteiger partial charge is 0.383 e. The minimum absolute atomic E-state index is 0.0653. The minimum Gasteiger partial charge on any atom is -0.383 e. The molecule has 0 bridgehead atoms. The van der Waals surface area contributed by atoms with E-state index < -0.39 is 5.95 Å². The van der Waals surface area contributed by atoms with Crippen molar-refractivity contribution < 1.29 is 9.18 Å². The van der Waals surface area contributed by atoms with Gasteiger partial charge in [-0.15, -0.1) is 0 Å². The van der Waals surface area contributed by atoms with E-state index in [4.69, 9.17) is 5.73 Å². The number of rotatable bonds is 5. The highest BCUT2D eigenvalue weighted by atomic mass is 32.2. The van der Waals surface area contributed by atoms with Crippen LogP contribution in [0.1, 0.15) is 21.5 Å². The number of nitrogens with two attached hydrogens (primary N) is 1.